The van der Waals surface area contributed by atoms with Crippen LogP contribution in [-0.4, -0.2) is 24.2 Å². The van der Waals surface area contributed by atoms with Crippen LogP contribution in [0.25, 0.3) is 0 Å². The van der Waals surface area contributed by atoms with Crippen molar-refractivity contribution in [2.24, 2.45) is 0 Å². The zero-order chi connectivity index (χ0) is 19.0. The summed E-state index contributed by atoms with van der Waals surface area (Å²) in [6.07, 6.45) is -4.32. The molecule has 0 saturated heterocycles. The molecule has 1 amide bonds. The maximum Gasteiger partial charge on any atom is 0.416 e. The van der Waals surface area contributed by atoms with Gasteiger partial charge in [0.25, 0.3) is 5.91 Å². The van der Waals surface area contributed by atoms with Crippen LogP contribution >= 0.6 is 0 Å². The molecule has 0 radical (unpaired) electrons. The maximum absolute atomic E-state index is 12.6. The van der Waals surface area contributed by atoms with E-state index in [1.807, 2.05) is 30.3 Å². The average Bonchev–Trinajstić information content (AvgIpc) is 2.64. The molecular weight excluding hydrogens is 349 g/mol. The van der Waals surface area contributed by atoms with Crippen molar-refractivity contribution in [1.82, 2.24) is 10.8 Å². The number of carbonyl (C=O) groups excluding carboxylic acids is 1. The minimum Gasteiger partial charge on any atom is -0.486 e. The van der Waals surface area contributed by atoms with Gasteiger partial charge in [0.05, 0.1) is 12.1 Å². The Hall–Kier alpha value is -2.58. The Morgan fingerprint density at radius 2 is 1.73 bits per heavy atom. The number of halogens is 3. The lowest BCUT2D eigenvalue weighted by atomic mass is 10.1. The van der Waals surface area contributed by atoms with Gasteiger partial charge in [0, 0.05) is 6.42 Å². The second-order valence-corrected chi connectivity index (χ2v) is 5.54. The van der Waals surface area contributed by atoms with Crippen molar-refractivity contribution in [3.63, 3.8) is 0 Å². The molecule has 2 rings (SSSR count). The fourth-order valence-corrected chi connectivity index (χ4v) is 2.32. The molecule has 0 aliphatic carbocycles. The van der Waals surface area contributed by atoms with Gasteiger partial charge in [-0.3, -0.25) is 10.0 Å². The van der Waals surface area contributed by atoms with Crippen LogP contribution in [0.3, 0.4) is 0 Å². The van der Waals surface area contributed by atoms with Crippen molar-refractivity contribution >= 4 is 5.91 Å². The Labute approximate surface area is 148 Å². The maximum atomic E-state index is 12.6. The Morgan fingerprint density at radius 1 is 1.08 bits per heavy atom. The lowest BCUT2D eigenvalue weighted by molar-refractivity contribution is -0.137. The molecular formula is C18H19F3N2O3. The van der Waals surface area contributed by atoms with Gasteiger partial charge in [-0.15, -0.1) is 0 Å². The zero-order valence-electron chi connectivity index (χ0n) is 13.8. The minimum absolute atomic E-state index is 0.0573. The van der Waals surface area contributed by atoms with Gasteiger partial charge < -0.3 is 10.1 Å². The number of rotatable bonds is 8. The summed E-state index contributed by atoms with van der Waals surface area (Å²) in [5.41, 5.74) is 1.64. The third kappa shape index (κ3) is 6.05. The third-order valence-corrected chi connectivity index (χ3v) is 3.62. The third-order valence-electron chi connectivity index (χ3n) is 3.62. The van der Waals surface area contributed by atoms with E-state index >= 15 is 0 Å². The SMILES string of the molecule is O=C(CNCC[C@@H](Oc1ccc(C(F)(F)F)cc1)c1ccccc1)NO. The van der Waals surface area contributed by atoms with E-state index in [9.17, 15) is 18.0 Å². The van der Waals surface area contributed by atoms with Crippen molar-refractivity contribution < 1.29 is 27.9 Å². The van der Waals surface area contributed by atoms with E-state index in [0.717, 1.165) is 17.7 Å². The predicted octanol–water partition coefficient (Wildman–Crippen LogP) is 3.31. The highest BCUT2D eigenvalue weighted by Gasteiger charge is 2.30. The number of nitrogens with one attached hydrogen (secondary N) is 2. The summed E-state index contributed by atoms with van der Waals surface area (Å²) in [6.45, 7) is 0.353. The fraction of sp³-hybridized carbons (Fsp3) is 0.278. The molecule has 0 spiro atoms. The first-order chi connectivity index (χ1) is 12.4. The van der Waals surface area contributed by atoms with Crippen LogP contribution in [0.5, 0.6) is 5.75 Å². The molecule has 2 aromatic rings. The number of carbonyl (C=O) groups is 1. The summed E-state index contributed by atoms with van der Waals surface area (Å²) in [7, 11) is 0. The number of hydrogen-bond acceptors (Lipinski definition) is 4. The lowest BCUT2D eigenvalue weighted by Crippen LogP contribution is -2.32. The normalized spacial score (nSPS) is 12.5. The van der Waals surface area contributed by atoms with Crippen molar-refractivity contribution in [2.45, 2.75) is 18.7 Å². The highest BCUT2D eigenvalue weighted by atomic mass is 19.4. The van der Waals surface area contributed by atoms with Crippen LogP contribution in [0.1, 0.15) is 23.7 Å². The number of alkyl halides is 3. The molecule has 0 saturated carbocycles. The molecule has 0 aromatic heterocycles. The molecule has 5 nitrogen and oxygen atoms in total. The van der Waals surface area contributed by atoms with E-state index in [0.29, 0.717) is 18.7 Å². The monoisotopic (exact) mass is 368 g/mol. The second kappa shape index (κ2) is 9.21. The Kier molecular flexibility index (Phi) is 6.99. The zero-order valence-corrected chi connectivity index (χ0v) is 13.8. The number of hydrogen-bond donors (Lipinski definition) is 3. The summed E-state index contributed by atoms with van der Waals surface area (Å²) < 4.78 is 43.8. The van der Waals surface area contributed by atoms with Gasteiger partial charge in [-0.25, -0.2) is 5.48 Å². The lowest BCUT2D eigenvalue weighted by Gasteiger charge is -2.20. The molecule has 0 aliphatic heterocycles. The molecule has 8 heteroatoms. The first-order valence-electron chi connectivity index (χ1n) is 7.92. The van der Waals surface area contributed by atoms with Crippen LogP contribution in [0.4, 0.5) is 13.2 Å². The van der Waals surface area contributed by atoms with Crippen LogP contribution in [0.2, 0.25) is 0 Å². The van der Waals surface area contributed by atoms with Crippen molar-refractivity contribution in [3.05, 3.63) is 65.7 Å². The minimum atomic E-state index is -4.39. The van der Waals surface area contributed by atoms with Gasteiger partial charge in [0.15, 0.2) is 0 Å². The van der Waals surface area contributed by atoms with Gasteiger partial charge >= 0.3 is 6.18 Å². The van der Waals surface area contributed by atoms with Gasteiger partial charge in [0.2, 0.25) is 0 Å². The summed E-state index contributed by atoms with van der Waals surface area (Å²) in [6, 6.07) is 13.8. The molecule has 0 aliphatic rings. The Bertz CT molecular complexity index is 691. The average molecular weight is 368 g/mol. The topological polar surface area (TPSA) is 70.6 Å². The summed E-state index contributed by atoms with van der Waals surface area (Å²) in [4.78, 5) is 11.0. The predicted molar refractivity (Wildman–Crippen MR) is 88.7 cm³/mol. The molecule has 26 heavy (non-hydrogen) atoms. The van der Waals surface area contributed by atoms with E-state index in [1.165, 1.54) is 17.6 Å². The molecule has 1 atom stereocenters. The van der Waals surface area contributed by atoms with Crippen molar-refractivity contribution in [1.29, 1.82) is 0 Å². The molecule has 2 aromatic carbocycles. The standard InChI is InChI=1S/C18H19F3N2O3/c19-18(20,21)14-6-8-15(9-7-14)26-16(13-4-2-1-3-5-13)10-11-22-12-17(24)23-25/h1-9,16,22,25H,10-12H2,(H,23,24)/t16-/m1/s1. The first-order valence-corrected chi connectivity index (χ1v) is 7.92. The first kappa shape index (κ1) is 19.7. The Balaban J connectivity index is 2.03. The van der Waals surface area contributed by atoms with Gasteiger partial charge in [-0.1, -0.05) is 30.3 Å². The van der Waals surface area contributed by atoms with Crippen LogP contribution in [-0.2, 0) is 11.0 Å². The summed E-state index contributed by atoms with van der Waals surface area (Å²) >= 11 is 0. The highest BCUT2D eigenvalue weighted by molar-refractivity contribution is 5.76. The highest BCUT2D eigenvalue weighted by Crippen LogP contribution is 2.31. The van der Waals surface area contributed by atoms with Crippen molar-refractivity contribution in [2.75, 3.05) is 13.1 Å². The van der Waals surface area contributed by atoms with Crippen LogP contribution in [0, 0.1) is 0 Å². The van der Waals surface area contributed by atoms with Gasteiger partial charge in [-0.05, 0) is 36.4 Å². The van der Waals surface area contributed by atoms with E-state index in [1.54, 1.807) is 0 Å². The number of benzene rings is 2. The molecule has 0 unspecified atom stereocenters. The summed E-state index contributed by atoms with van der Waals surface area (Å²) in [5.74, 6) is -0.245. The number of hydroxylamine groups is 1. The molecule has 0 heterocycles. The number of amides is 1. The van der Waals surface area contributed by atoms with E-state index in [2.05, 4.69) is 5.32 Å². The van der Waals surface area contributed by atoms with E-state index in [-0.39, 0.29) is 6.54 Å². The molecule has 140 valence electrons. The quantitative estimate of drug-likeness (QED) is 0.380. The van der Waals surface area contributed by atoms with Crippen LogP contribution < -0.4 is 15.5 Å². The number of ether oxygens (including phenoxy) is 1. The molecule has 0 fully saturated rings. The second-order valence-electron chi connectivity index (χ2n) is 5.54. The molecule has 3 N–H and O–H groups in total. The molecule has 0 bridgehead atoms. The van der Waals surface area contributed by atoms with Gasteiger partial charge in [0.1, 0.15) is 11.9 Å². The fourth-order valence-electron chi connectivity index (χ4n) is 2.32. The van der Waals surface area contributed by atoms with E-state index in [4.69, 9.17) is 9.94 Å². The van der Waals surface area contributed by atoms with Crippen LogP contribution in [0.15, 0.2) is 54.6 Å². The largest absolute Gasteiger partial charge is 0.486 e. The van der Waals surface area contributed by atoms with Gasteiger partial charge in [-0.2, -0.15) is 13.2 Å². The smallest absolute Gasteiger partial charge is 0.416 e. The Morgan fingerprint density at radius 3 is 2.31 bits per heavy atom. The van der Waals surface area contributed by atoms with Crippen molar-refractivity contribution in [3.8, 4) is 5.75 Å². The summed E-state index contributed by atoms with van der Waals surface area (Å²) in [5, 5.41) is 11.3. The van der Waals surface area contributed by atoms with E-state index < -0.39 is 23.8 Å².